The van der Waals surface area contributed by atoms with E-state index >= 15 is 0 Å². The first-order chi connectivity index (χ1) is 12.0. The minimum absolute atomic E-state index is 0.0206. The van der Waals surface area contributed by atoms with Crippen LogP contribution in [-0.2, 0) is 14.8 Å². The number of ether oxygens (including phenoxy) is 2. The highest BCUT2D eigenvalue weighted by molar-refractivity contribution is 7.89. The van der Waals surface area contributed by atoms with Gasteiger partial charge in [0.25, 0.3) is 5.91 Å². The molecule has 1 aliphatic carbocycles. The minimum atomic E-state index is -3.71. The van der Waals surface area contributed by atoms with Crippen LogP contribution in [-0.4, -0.2) is 60.8 Å². The SMILES string of the molecule is COCCNCCNC(=O)c1ccc(OC)c(S(=O)(=O)NC2CC2)c1. The summed E-state index contributed by atoms with van der Waals surface area (Å²) in [6, 6.07) is 4.36. The number of rotatable bonds is 11. The second-order valence-electron chi connectivity index (χ2n) is 5.76. The summed E-state index contributed by atoms with van der Waals surface area (Å²) in [6.07, 6.45) is 1.66. The van der Waals surface area contributed by atoms with Gasteiger partial charge in [-0.3, -0.25) is 4.79 Å². The molecular formula is C16H25N3O5S. The van der Waals surface area contributed by atoms with Crippen LogP contribution in [0.3, 0.4) is 0 Å². The lowest BCUT2D eigenvalue weighted by Crippen LogP contribution is -2.33. The Morgan fingerprint density at radius 3 is 2.60 bits per heavy atom. The molecule has 0 saturated heterocycles. The lowest BCUT2D eigenvalue weighted by Gasteiger charge is -2.12. The predicted molar refractivity (Wildman–Crippen MR) is 93.4 cm³/mol. The monoisotopic (exact) mass is 371 g/mol. The van der Waals surface area contributed by atoms with Gasteiger partial charge >= 0.3 is 0 Å². The molecule has 1 aromatic rings. The lowest BCUT2D eigenvalue weighted by molar-refractivity contribution is 0.0953. The molecule has 0 spiro atoms. The molecule has 0 radical (unpaired) electrons. The molecule has 0 atom stereocenters. The predicted octanol–water partition coefficient (Wildman–Crippen LogP) is 0.102. The van der Waals surface area contributed by atoms with Crippen molar-refractivity contribution in [1.29, 1.82) is 0 Å². The van der Waals surface area contributed by atoms with E-state index in [1.807, 2.05) is 0 Å². The third kappa shape index (κ3) is 5.96. The molecule has 0 aromatic heterocycles. The van der Waals surface area contributed by atoms with Gasteiger partial charge < -0.3 is 20.1 Å². The molecule has 0 bridgehead atoms. The van der Waals surface area contributed by atoms with Gasteiger partial charge in [-0.25, -0.2) is 13.1 Å². The largest absolute Gasteiger partial charge is 0.495 e. The summed E-state index contributed by atoms with van der Waals surface area (Å²) in [5.74, 6) is -0.120. The number of benzene rings is 1. The summed E-state index contributed by atoms with van der Waals surface area (Å²) in [6.45, 7) is 2.32. The van der Waals surface area contributed by atoms with Crippen LogP contribution >= 0.6 is 0 Å². The number of hydrogen-bond donors (Lipinski definition) is 3. The zero-order chi connectivity index (χ0) is 18.3. The highest BCUT2D eigenvalue weighted by Gasteiger charge is 2.30. The first kappa shape index (κ1) is 19.6. The summed E-state index contributed by atoms with van der Waals surface area (Å²) in [5, 5.41) is 5.86. The average molecular weight is 371 g/mol. The Hall–Kier alpha value is -1.68. The molecule has 0 heterocycles. The molecule has 1 amide bonds. The van der Waals surface area contributed by atoms with Gasteiger partial charge in [-0.2, -0.15) is 0 Å². The van der Waals surface area contributed by atoms with Crippen LogP contribution in [0.5, 0.6) is 5.75 Å². The second-order valence-corrected chi connectivity index (χ2v) is 7.44. The van der Waals surface area contributed by atoms with Gasteiger partial charge in [0.2, 0.25) is 10.0 Å². The van der Waals surface area contributed by atoms with E-state index in [0.29, 0.717) is 26.2 Å². The Labute approximate surface area is 148 Å². The third-order valence-electron chi connectivity index (χ3n) is 3.68. The smallest absolute Gasteiger partial charge is 0.251 e. The van der Waals surface area contributed by atoms with Crippen molar-refractivity contribution in [3.63, 3.8) is 0 Å². The van der Waals surface area contributed by atoms with Crippen LogP contribution in [0, 0.1) is 0 Å². The maximum atomic E-state index is 12.5. The Morgan fingerprint density at radius 2 is 1.96 bits per heavy atom. The number of carbonyl (C=O) groups excluding carboxylic acids is 1. The molecule has 140 valence electrons. The quantitative estimate of drug-likeness (QED) is 0.477. The standard InChI is InChI=1S/C16H25N3O5S/c1-23-10-9-17-7-8-18-16(20)12-3-6-14(24-2)15(11-12)25(21,22)19-13-4-5-13/h3,6,11,13,17,19H,4-5,7-10H2,1-2H3,(H,18,20). The molecule has 0 unspecified atom stereocenters. The number of nitrogens with one attached hydrogen (secondary N) is 3. The number of amides is 1. The fourth-order valence-corrected chi connectivity index (χ4v) is 3.68. The summed E-state index contributed by atoms with van der Waals surface area (Å²) in [7, 11) is -0.691. The van der Waals surface area contributed by atoms with Gasteiger partial charge in [0.1, 0.15) is 10.6 Å². The van der Waals surface area contributed by atoms with Crippen molar-refractivity contribution in [3.05, 3.63) is 23.8 Å². The van der Waals surface area contributed by atoms with Crippen LogP contribution in [0.1, 0.15) is 23.2 Å². The van der Waals surface area contributed by atoms with E-state index in [1.165, 1.54) is 19.2 Å². The van der Waals surface area contributed by atoms with Gasteiger partial charge in [-0.05, 0) is 31.0 Å². The van der Waals surface area contributed by atoms with Gasteiger partial charge in [0, 0.05) is 38.3 Å². The van der Waals surface area contributed by atoms with Gasteiger partial charge in [-0.15, -0.1) is 0 Å². The topological polar surface area (TPSA) is 106 Å². The van der Waals surface area contributed by atoms with E-state index in [0.717, 1.165) is 12.8 Å². The van der Waals surface area contributed by atoms with Crippen molar-refractivity contribution in [2.24, 2.45) is 0 Å². The van der Waals surface area contributed by atoms with Crippen molar-refractivity contribution in [2.75, 3.05) is 40.5 Å². The highest BCUT2D eigenvalue weighted by Crippen LogP contribution is 2.28. The maximum absolute atomic E-state index is 12.5. The van der Waals surface area contributed by atoms with Gasteiger partial charge in [0.05, 0.1) is 13.7 Å². The van der Waals surface area contributed by atoms with Crippen LogP contribution in [0.4, 0.5) is 0 Å². The number of sulfonamides is 1. The molecular weight excluding hydrogens is 346 g/mol. The molecule has 8 nitrogen and oxygen atoms in total. The first-order valence-corrected chi connectivity index (χ1v) is 9.64. The number of hydrogen-bond acceptors (Lipinski definition) is 6. The maximum Gasteiger partial charge on any atom is 0.251 e. The van der Waals surface area contributed by atoms with E-state index in [-0.39, 0.29) is 28.2 Å². The van der Waals surface area contributed by atoms with Crippen LogP contribution in [0.25, 0.3) is 0 Å². The molecule has 3 N–H and O–H groups in total. The fraction of sp³-hybridized carbons (Fsp3) is 0.562. The van der Waals surface area contributed by atoms with Crippen molar-refractivity contribution in [1.82, 2.24) is 15.4 Å². The molecule has 1 aromatic carbocycles. The van der Waals surface area contributed by atoms with Crippen LogP contribution in [0.2, 0.25) is 0 Å². The third-order valence-corrected chi connectivity index (χ3v) is 5.23. The molecule has 9 heteroatoms. The summed E-state index contributed by atoms with van der Waals surface area (Å²) in [4.78, 5) is 12.2. The fourth-order valence-electron chi connectivity index (χ4n) is 2.18. The van der Waals surface area contributed by atoms with Crippen LogP contribution < -0.4 is 20.1 Å². The Bertz CT molecular complexity index is 689. The number of carbonyl (C=O) groups is 1. The average Bonchev–Trinajstić information content (AvgIpc) is 3.40. The highest BCUT2D eigenvalue weighted by atomic mass is 32.2. The Morgan fingerprint density at radius 1 is 1.20 bits per heavy atom. The lowest BCUT2D eigenvalue weighted by atomic mass is 10.2. The summed E-state index contributed by atoms with van der Waals surface area (Å²) in [5.41, 5.74) is 0.272. The number of methoxy groups -OCH3 is 2. The van der Waals surface area contributed by atoms with Gasteiger partial charge in [0.15, 0.2) is 0 Å². The van der Waals surface area contributed by atoms with Crippen molar-refractivity contribution in [3.8, 4) is 5.75 Å². The van der Waals surface area contributed by atoms with Crippen LogP contribution in [0.15, 0.2) is 23.1 Å². The minimum Gasteiger partial charge on any atom is -0.495 e. The van der Waals surface area contributed by atoms with E-state index in [1.54, 1.807) is 13.2 Å². The molecule has 25 heavy (non-hydrogen) atoms. The zero-order valence-corrected chi connectivity index (χ0v) is 15.3. The second kappa shape index (κ2) is 9.14. The molecule has 1 fully saturated rings. The van der Waals surface area contributed by atoms with E-state index in [2.05, 4.69) is 15.4 Å². The van der Waals surface area contributed by atoms with E-state index in [9.17, 15) is 13.2 Å². The van der Waals surface area contributed by atoms with E-state index in [4.69, 9.17) is 9.47 Å². The molecule has 1 saturated carbocycles. The van der Waals surface area contributed by atoms with Crippen molar-refractivity contribution in [2.45, 2.75) is 23.8 Å². The summed E-state index contributed by atoms with van der Waals surface area (Å²) >= 11 is 0. The summed E-state index contributed by atoms with van der Waals surface area (Å²) < 4.78 is 37.5. The Balaban J connectivity index is 2.01. The normalized spacial score (nSPS) is 14.3. The van der Waals surface area contributed by atoms with Gasteiger partial charge in [-0.1, -0.05) is 0 Å². The van der Waals surface area contributed by atoms with Crippen molar-refractivity contribution < 1.29 is 22.7 Å². The first-order valence-electron chi connectivity index (χ1n) is 8.16. The molecule has 2 rings (SSSR count). The van der Waals surface area contributed by atoms with Crippen molar-refractivity contribution >= 4 is 15.9 Å². The molecule has 1 aliphatic rings. The van der Waals surface area contributed by atoms with E-state index < -0.39 is 10.0 Å². The molecule has 0 aliphatic heterocycles. The zero-order valence-electron chi connectivity index (χ0n) is 14.5. The Kier molecular flexibility index (Phi) is 7.18.